The Morgan fingerprint density at radius 2 is 2.10 bits per heavy atom. The molecule has 6 nitrogen and oxygen atoms in total. The van der Waals surface area contributed by atoms with E-state index in [4.69, 9.17) is 4.74 Å². The molecular weight excluding hydrogens is 270 g/mol. The minimum absolute atomic E-state index is 0.259. The van der Waals surface area contributed by atoms with Gasteiger partial charge in [-0.1, -0.05) is 0 Å². The minimum atomic E-state index is -0.459. The molecule has 1 saturated heterocycles. The number of ether oxygens (including phenoxy) is 1. The topological polar surface area (TPSA) is 70.7 Å². The summed E-state index contributed by atoms with van der Waals surface area (Å²) in [5, 5.41) is 6.09. The number of amides is 2. The van der Waals surface area contributed by atoms with Crippen molar-refractivity contribution in [3.05, 3.63) is 0 Å². The van der Waals surface area contributed by atoms with Crippen LogP contribution in [0, 0.1) is 0 Å². The lowest BCUT2D eigenvalue weighted by atomic mass is 10.2. The summed E-state index contributed by atoms with van der Waals surface area (Å²) < 4.78 is 5.15. The van der Waals surface area contributed by atoms with Gasteiger partial charge >= 0.3 is 6.09 Å². The van der Waals surface area contributed by atoms with E-state index in [0.717, 1.165) is 32.5 Å². The van der Waals surface area contributed by atoms with Crippen LogP contribution in [0.3, 0.4) is 0 Å². The van der Waals surface area contributed by atoms with Gasteiger partial charge in [0, 0.05) is 32.1 Å². The predicted molar refractivity (Wildman–Crippen MR) is 82.1 cm³/mol. The van der Waals surface area contributed by atoms with Gasteiger partial charge in [0.2, 0.25) is 5.91 Å². The van der Waals surface area contributed by atoms with Crippen LogP contribution in [0.25, 0.3) is 0 Å². The summed E-state index contributed by atoms with van der Waals surface area (Å²) in [6.45, 7) is 10.6. The lowest BCUT2D eigenvalue weighted by molar-refractivity contribution is -0.127. The molecule has 6 heteroatoms. The van der Waals surface area contributed by atoms with Gasteiger partial charge < -0.3 is 20.3 Å². The first-order chi connectivity index (χ1) is 9.78. The Labute approximate surface area is 127 Å². The molecule has 21 heavy (non-hydrogen) atoms. The van der Waals surface area contributed by atoms with Crippen LogP contribution in [0.15, 0.2) is 0 Å². The molecule has 0 radical (unpaired) electrons. The molecule has 0 aromatic rings. The van der Waals surface area contributed by atoms with E-state index in [2.05, 4.69) is 17.6 Å². The van der Waals surface area contributed by atoms with Crippen molar-refractivity contribution in [1.82, 2.24) is 15.5 Å². The quantitative estimate of drug-likeness (QED) is 0.699. The zero-order valence-corrected chi connectivity index (χ0v) is 13.7. The maximum Gasteiger partial charge on any atom is 0.407 e. The third kappa shape index (κ3) is 7.90. The number of nitrogens with zero attached hydrogens (tertiary/aromatic N) is 1. The molecule has 0 aromatic carbocycles. The first-order valence-electron chi connectivity index (χ1n) is 7.76. The monoisotopic (exact) mass is 299 g/mol. The van der Waals surface area contributed by atoms with Gasteiger partial charge in [-0.15, -0.1) is 0 Å². The zero-order valence-electron chi connectivity index (χ0n) is 13.7. The van der Waals surface area contributed by atoms with Crippen LogP contribution in [0.5, 0.6) is 0 Å². The maximum atomic E-state index is 11.5. The molecule has 1 unspecified atom stereocenters. The highest BCUT2D eigenvalue weighted by Crippen LogP contribution is 2.09. The number of carbonyl (C=O) groups excluding carboxylic acids is 2. The molecule has 2 amide bonds. The molecule has 2 N–H and O–H groups in total. The van der Waals surface area contributed by atoms with E-state index in [9.17, 15) is 9.59 Å². The summed E-state index contributed by atoms with van der Waals surface area (Å²) in [5.74, 6) is 0.259. The van der Waals surface area contributed by atoms with Crippen molar-refractivity contribution in [1.29, 1.82) is 0 Å². The van der Waals surface area contributed by atoms with Crippen molar-refractivity contribution in [2.24, 2.45) is 0 Å². The van der Waals surface area contributed by atoms with E-state index < -0.39 is 5.60 Å². The summed E-state index contributed by atoms with van der Waals surface area (Å²) in [4.78, 5) is 24.8. The summed E-state index contributed by atoms with van der Waals surface area (Å²) in [7, 11) is 0. The molecule has 1 rings (SSSR count). The van der Waals surface area contributed by atoms with Crippen molar-refractivity contribution in [2.75, 3.05) is 26.2 Å². The number of nitrogens with one attached hydrogen (secondary N) is 2. The van der Waals surface area contributed by atoms with Crippen LogP contribution in [-0.4, -0.2) is 54.7 Å². The van der Waals surface area contributed by atoms with Crippen LogP contribution in [0.2, 0.25) is 0 Å². The third-order valence-corrected chi connectivity index (χ3v) is 3.18. The van der Waals surface area contributed by atoms with Crippen molar-refractivity contribution in [2.45, 2.75) is 58.6 Å². The van der Waals surface area contributed by atoms with Gasteiger partial charge in [-0.2, -0.15) is 0 Å². The molecule has 1 aliphatic rings. The second kappa shape index (κ2) is 8.22. The van der Waals surface area contributed by atoms with Gasteiger partial charge in [0.15, 0.2) is 0 Å². The van der Waals surface area contributed by atoms with Crippen LogP contribution in [0.1, 0.15) is 47.0 Å². The Morgan fingerprint density at radius 3 is 2.67 bits per heavy atom. The number of alkyl carbamates (subject to hydrolysis) is 1. The Balaban J connectivity index is 2.03. The van der Waals surface area contributed by atoms with Crippen LogP contribution in [-0.2, 0) is 9.53 Å². The number of likely N-dealkylation sites (tertiary alicyclic amines) is 1. The number of rotatable bonds is 7. The second-order valence-corrected chi connectivity index (χ2v) is 6.58. The highest BCUT2D eigenvalue weighted by molar-refractivity contribution is 5.78. The molecule has 0 aromatic heterocycles. The molecule has 1 fully saturated rings. The Morgan fingerprint density at radius 1 is 1.38 bits per heavy atom. The van der Waals surface area contributed by atoms with Gasteiger partial charge in [0.25, 0.3) is 0 Å². The lowest BCUT2D eigenvalue weighted by Gasteiger charge is -2.22. The second-order valence-electron chi connectivity index (χ2n) is 6.58. The van der Waals surface area contributed by atoms with Crippen molar-refractivity contribution in [3.63, 3.8) is 0 Å². The third-order valence-electron chi connectivity index (χ3n) is 3.18. The SMILES string of the molecule is CC(CN1CCCC1=O)NCCCNC(=O)OC(C)(C)C. The van der Waals surface area contributed by atoms with Crippen LogP contribution < -0.4 is 10.6 Å². The van der Waals surface area contributed by atoms with Gasteiger partial charge in [0.1, 0.15) is 5.60 Å². The zero-order chi connectivity index (χ0) is 15.9. The fraction of sp³-hybridized carbons (Fsp3) is 0.867. The van der Waals surface area contributed by atoms with Gasteiger partial charge in [-0.25, -0.2) is 4.79 Å². The molecule has 0 spiro atoms. The standard InChI is InChI=1S/C15H29N3O3/c1-12(11-18-10-5-7-13(18)19)16-8-6-9-17-14(20)21-15(2,3)4/h12,16H,5-11H2,1-4H3,(H,17,20). The van der Waals surface area contributed by atoms with E-state index in [1.54, 1.807) is 0 Å². The summed E-state index contributed by atoms with van der Waals surface area (Å²) in [5.41, 5.74) is -0.459. The Hall–Kier alpha value is -1.30. The highest BCUT2D eigenvalue weighted by Gasteiger charge is 2.21. The molecule has 0 bridgehead atoms. The number of hydrogen-bond acceptors (Lipinski definition) is 4. The highest BCUT2D eigenvalue weighted by atomic mass is 16.6. The average molecular weight is 299 g/mol. The first-order valence-corrected chi connectivity index (χ1v) is 7.76. The lowest BCUT2D eigenvalue weighted by Crippen LogP contribution is -2.41. The summed E-state index contributed by atoms with van der Waals surface area (Å²) >= 11 is 0. The average Bonchev–Trinajstić information content (AvgIpc) is 2.72. The molecule has 1 heterocycles. The first kappa shape index (κ1) is 17.8. The molecule has 122 valence electrons. The van der Waals surface area contributed by atoms with Crippen LogP contribution in [0.4, 0.5) is 4.79 Å². The van der Waals surface area contributed by atoms with Gasteiger partial charge in [-0.05, 0) is 47.1 Å². The van der Waals surface area contributed by atoms with E-state index >= 15 is 0 Å². The van der Waals surface area contributed by atoms with E-state index in [1.807, 2.05) is 25.7 Å². The predicted octanol–water partition coefficient (Wildman–Crippen LogP) is 1.50. The Bertz CT molecular complexity index is 353. The smallest absolute Gasteiger partial charge is 0.407 e. The van der Waals surface area contributed by atoms with Crippen molar-refractivity contribution < 1.29 is 14.3 Å². The molecular formula is C15H29N3O3. The van der Waals surface area contributed by atoms with E-state index in [1.165, 1.54) is 0 Å². The van der Waals surface area contributed by atoms with Gasteiger partial charge in [0.05, 0.1) is 0 Å². The molecule has 0 aliphatic carbocycles. The molecule has 1 aliphatic heterocycles. The van der Waals surface area contributed by atoms with Crippen molar-refractivity contribution in [3.8, 4) is 0 Å². The fourth-order valence-corrected chi connectivity index (χ4v) is 2.23. The van der Waals surface area contributed by atoms with E-state index in [0.29, 0.717) is 13.0 Å². The Kier molecular flexibility index (Phi) is 6.95. The number of carbonyl (C=O) groups is 2. The molecule has 0 saturated carbocycles. The normalized spacial score (nSPS) is 17.0. The van der Waals surface area contributed by atoms with Crippen molar-refractivity contribution >= 4 is 12.0 Å². The largest absolute Gasteiger partial charge is 0.444 e. The fourth-order valence-electron chi connectivity index (χ4n) is 2.23. The maximum absolute atomic E-state index is 11.5. The molecule has 1 atom stereocenters. The van der Waals surface area contributed by atoms with Crippen LogP contribution >= 0.6 is 0 Å². The summed E-state index contributed by atoms with van der Waals surface area (Å²) in [6.07, 6.45) is 2.12. The van der Waals surface area contributed by atoms with Gasteiger partial charge in [-0.3, -0.25) is 4.79 Å². The van der Waals surface area contributed by atoms with E-state index in [-0.39, 0.29) is 18.0 Å². The summed E-state index contributed by atoms with van der Waals surface area (Å²) in [6, 6.07) is 0.272. The number of hydrogen-bond donors (Lipinski definition) is 2. The minimum Gasteiger partial charge on any atom is -0.444 e.